The zero-order valence-electron chi connectivity index (χ0n) is 17.5. The average molecular weight is 477 g/mol. The van der Waals surface area contributed by atoms with Gasteiger partial charge in [0.2, 0.25) is 5.91 Å². The number of nitrogens with one attached hydrogen (secondary N) is 1. The van der Waals surface area contributed by atoms with Crippen LogP contribution in [0.25, 0.3) is 5.69 Å². The van der Waals surface area contributed by atoms with Gasteiger partial charge in [0.25, 0.3) is 5.91 Å². The second-order valence-corrected chi connectivity index (χ2v) is 7.39. The number of rotatable bonds is 5. The number of nitrogens with zero attached hydrogens (tertiary/aromatic N) is 4. The molecule has 2 amide bonds. The van der Waals surface area contributed by atoms with Crippen molar-refractivity contribution in [3.05, 3.63) is 47.3 Å². The highest BCUT2D eigenvalue weighted by Gasteiger charge is 2.42. The molecule has 0 saturated carbocycles. The molecule has 1 aliphatic heterocycles. The van der Waals surface area contributed by atoms with Crippen molar-refractivity contribution in [3.63, 3.8) is 0 Å². The van der Waals surface area contributed by atoms with E-state index in [1.165, 1.54) is 4.90 Å². The number of alkyl halides is 6. The number of halogens is 6. The van der Waals surface area contributed by atoms with Crippen molar-refractivity contribution in [3.8, 4) is 5.69 Å². The lowest BCUT2D eigenvalue weighted by Gasteiger charge is -2.34. The minimum absolute atomic E-state index is 0.0876. The number of carbonyl (C=O) groups is 2. The third kappa shape index (κ3) is 5.64. The molecule has 1 aromatic heterocycles. The number of hydrogen-bond donors (Lipinski definition) is 1. The summed E-state index contributed by atoms with van der Waals surface area (Å²) in [7, 11) is 0. The van der Waals surface area contributed by atoms with Gasteiger partial charge in [0, 0.05) is 32.7 Å². The molecular formula is C20H21F6N5O2. The number of benzene rings is 1. The van der Waals surface area contributed by atoms with Gasteiger partial charge in [-0.2, -0.15) is 31.4 Å². The molecule has 13 heteroatoms. The van der Waals surface area contributed by atoms with Gasteiger partial charge in [-0.15, -0.1) is 0 Å². The summed E-state index contributed by atoms with van der Waals surface area (Å²) >= 11 is 0. The first kappa shape index (κ1) is 24.6. The summed E-state index contributed by atoms with van der Waals surface area (Å²) in [6, 6.07) is 3.28. The van der Waals surface area contributed by atoms with Crippen molar-refractivity contribution in [2.45, 2.75) is 19.3 Å². The summed E-state index contributed by atoms with van der Waals surface area (Å²) in [6.45, 7) is 3.09. The minimum atomic E-state index is -5.05. The second kappa shape index (κ2) is 9.41. The summed E-state index contributed by atoms with van der Waals surface area (Å²) in [5.74, 6) is -1.13. The summed E-state index contributed by atoms with van der Waals surface area (Å²) in [4.78, 5) is 27.5. The molecule has 1 aromatic carbocycles. The lowest BCUT2D eigenvalue weighted by Crippen LogP contribution is -2.51. The number of piperazine rings is 1. The maximum atomic E-state index is 13.9. The molecule has 0 aliphatic carbocycles. The zero-order valence-corrected chi connectivity index (χ0v) is 17.5. The van der Waals surface area contributed by atoms with Crippen LogP contribution in [0.15, 0.2) is 30.5 Å². The van der Waals surface area contributed by atoms with E-state index in [-0.39, 0.29) is 38.6 Å². The van der Waals surface area contributed by atoms with Gasteiger partial charge in [0.15, 0.2) is 5.69 Å². The number of hydrogen-bond acceptors (Lipinski definition) is 4. The molecule has 180 valence electrons. The summed E-state index contributed by atoms with van der Waals surface area (Å²) in [5.41, 5.74) is -3.81. The normalized spacial score (nSPS) is 15.5. The Labute approximate surface area is 184 Å². The van der Waals surface area contributed by atoms with Crippen molar-refractivity contribution in [1.82, 2.24) is 24.9 Å². The Kier molecular flexibility index (Phi) is 7.00. The van der Waals surface area contributed by atoms with E-state index in [1.54, 1.807) is 11.8 Å². The largest absolute Gasteiger partial charge is 0.434 e. The predicted molar refractivity (Wildman–Crippen MR) is 105 cm³/mol. The number of aromatic nitrogens is 2. The monoisotopic (exact) mass is 477 g/mol. The Morgan fingerprint density at radius 1 is 1.03 bits per heavy atom. The molecule has 1 saturated heterocycles. The molecule has 0 unspecified atom stereocenters. The van der Waals surface area contributed by atoms with Crippen LogP contribution in [-0.4, -0.2) is 70.7 Å². The van der Waals surface area contributed by atoms with Gasteiger partial charge in [-0.25, -0.2) is 4.68 Å². The minimum Gasteiger partial charge on any atom is -0.355 e. The standard InChI is InChI=1S/C20H21F6N5O2/c1-2-27-16(32)12-29-6-8-30(9-7-29)18(33)15-11-28-31(17(15)20(24,25)26)14-5-3-4-13(10-14)19(21,22)23/h3-5,10-11H,2,6-9,12H2,1H3,(H,27,32). The number of amides is 2. The van der Waals surface area contributed by atoms with Crippen LogP contribution in [-0.2, 0) is 17.1 Å². The zero-order chi connectivity index (χ0) is 24.4. The summed E-state index contributed by atoms with van der Waals surface area (Å²) in [5, 5.41) is 6.23. The van der Waals surface area contributed by atoms with E-state index < -0.39 is 40.8 Å². The highest BCUT2D eigenvalue weighted by atomic mass is 19.4. The van der Waals surface area contributed by atoms with E-state index in [9.17, 15) is 35.9 Å². The third-order valence-electron chi connectivity index (χ3n) is 5.09. The van der Waals surface area contributed by atoms with Crippen LogP contribution in [0.2, 0.25) is 0 Å². The molecule has 0 atom stereocenters. The quantitative estimate of drug-likeness (QED) is 0.673. The molecule has 1 fully saturated rings. The predicted octanol–water partition coefficient (Wildman–Crippen LogP) is 2.80. The maximum absolute atomic E-state index is 13.9. The molecule has 0 radical (unpaired) electrons. The van der Waals surface area contributed by atoms with E-state index in [4.69, 9.17) is 0 Å². The molecule has 0 spiro atoms. The van der Waals surface area contributed by atoms with E-state index in [1.807, 2.05) is 0 Å². The van der Waals surface area contributed by atoms with Gasteiger partial charge in [-0.05, 0) is 25.1 Å². The first-order valence-corrected chi connectivity index (χ1v) is 10.0. The van der Waals surface area contributed by atoms with E-state index >= 15 is 0 Å². The molecule has 2 aromatic rings. The first-order valence-electron chi connectivity index (χ1n) is 10.0. The van der Waals surface area contributed by atoms with Crippen LogP contribution in [0.1, 0.15) is 28.5 Å². The Bertz CT molecular complexity index is 1010. The highest BCUT2D eigenvalue weighted by molar-refractivity contribution is 5.95. The van der Waals surface area contributed by atoms with Crippen LogP contribution in [0, 0.1) is 0 Å². The molecule has 7 nitrogen and oxygen atoms in total. The molecule has 1 N–H and O–H groups in total. The number of likely N-dealkylation sites (N-methyl/N-ethyl adjacent to an activating group) is 1. The average Bonchev–Trinajstić information content (AvgIpc) is 3.19. The van der Waals surface area contributed by atoms with Gasteiger partial charge in [0.05, 0.1) is 29.6 Å². The Balaban J connectivity index is 1.84. The fraction of sp³-hybridized carbons (Fsp3) is 0.450. The fourth-order valence-electron chi connectivity index (χ4n) is 3.52. The highest BCUT2D eigenvalue weighted by Crippen LogP contribution is 2.36. The third-order valence-corrected chi connectivity index (χ3v) is 5.09. The van der Waals surface area contributed by atoms with Gasteiger partial charge >= 0.3 is 12.4 Å². The van der Waals surface area contributed by atoms with Crippen LogP contribution in [0.5, 0.6) is 0 Å². The summed E-state index contributed by atoms with van der Waals surface area (Å²) < 4.78 is 80.9. The van der Waals surface area contributed by atoms with Crippen LogP contribution < -0.4 is 5.32 Å². The van der Waals surface area contributed by atoms with Crippen LogP contribution in [0.4, 0.5) is 26.3 Å². The summed E-state index contributed by atoms with van der Waals surface area (Å²) in [6.07, 6.45) is -9.09. The molecule has 1 aliphatic rings. The molecular weight excluding hydrogens is 456 g/mol. The van der Waals surface area contributed by atoms with Crippen molar-refractivity contribution in [2.24, 2.45) is 0 Å². The van der Waals surface area contributed by atoms with Crippen LogP contribution in [0.3, 0.4) is 0 Å². The Morgan fingerprint density at radius 3 is 2.27 bits per heavy atom. The van der Waals surface area contributed by atoms with Gasteiger partial charge in [-0.3, -0.25) is 14.5 Å². The Hall–Kier alpha value is -3.09. The molecule has 3 rings (SSSR count). The van der Waals surface area contributed by atoms with Crippen molar-refractivity contribution < 1.29 is 35.9 Å². The van der Waals surface area contributed by atoms with Gasteiger partial charge in [0.1, 0.15) is 0 Å². The number of carbonyl (C=O) groups excluding carboxylic acids is 2. The lowest BCUT2D eigenvalue weighted by atomic mass is 10.1. The lowest BCUT2D eigenvalue weighted by molar-refractivity contribution is -0.143. The molecule has 33 heavy (non-hydrogen) atoms. The van der Waals surface area contributed by atoms with E-state index in [0.717, 1.165) is 18.2 Å². The van der Waals surface area contributed by atoms with Crippen molar-refractivity contribution in [2.75, 3.05) is 39.3 Å². The first-order chi connectivity index (χ1) is 15.4. The SMILES string of the molecule is CCNC(=O)CN1CCN(C(=O)c2cnn(-c3cccc(C(F)(F)F)c3)c2C(F)(F)F)CC1. The van der Waals surface area contributed by atoms with E-state index in [2.05, 4.69) is 10.4 Å². The molecule has 0 bridgehead atoms. The van der Waals surface area contributed by atoms with E-state index in [0.29, 0.717) is 23.5 Å². The molecule has 2 heterocycles. The fourth-order valence-corrected chi connectivity index (χ4v) is 3.52. The van der Waals surface area contributed by atoms with Crippen molar-refractivity contribution >= 4 is 11.8 Å². The van der Waals surface area contributed by atoms with Crippen molar-refractivity contribution in [1.29, 1.82) is 0 Å². The second-order valence-electron chi connectivity index (χ2n) is 7.39. The maximum Gasteiger partial charge on any atom is 0.434 e. The smallest absolute Gasteiger partial charge is 0.355 e. The van der Waals surface area contributed by atoms with Crippen LogP contribution >= 0.6 is 0 Å². The van der Waals surface area contributed by atoms with Gasteiger partial charge in [-0.1, -0.05) is 6.07 Å². The Morgan fingerprint density at radius 2 is 1.70 bits per heavy atom. The topological polar surface area (TPSA) is 70.5 Å². The van der Waals surface area contributed by atoms with Gasteiger partial charge < -0.3 is 10.2 Å².